The van der Waals surface area contributed by atoms with E-state index in [1.807, 2.05) is 19.1 Å². The molecule has 3 rings (SSSR count). The molecule has 0 radical (unpaired) electrons. The first-order valence-electron chi connectivity index (χ1n) is 10.7. The van der Waals surface area contributed by atoms with Crippen molar-refractivity contribution in [3.63, 3.8) is 0 Å². The van der Waals surface area contributed by atoms with Gasteiger partial charge in [0.15, 0.2) is 0 Å². The van der Waals surface area contributed by atoms with E-state index in [9.17, 15) is 4.79 Å². The summed E-state index contributed by atoms with van der Waals surface area (Å²) in [7, 11) is 3.21. The number of methoxy groups -OCH3 is 2. The van der Waals surface area contributed by atoms with Gasteiger partial charge in [-0.15, -0.1) is 0 Å². The van der Waals surface area contributed by atoms with E-state index < -0.39 is 0 Å². The first kappa shape index (κ1) is 22.7. The third-order valence-electron chi connectivity index (χ3n) is 6.02. The molecule has 0 aliphatic carbocycles. The molecular formula is C25H33N3O3. The lowest BCUT2D eigenvalue weighted by molar-refractivity contribution is 0.0952. The van der Waals surface area contributed by atoms with Crippen molar-refractivity contribution >= 4 is 17.8 Å². The standard InChI is InChI=1S/C25H33N3O3/c1-8-28-21-13-22(30-6)18(12-20(21)17(3)14-25(28,4)5)15-26-27-24(29)19-10-9-16(2)11-23(19)31-7/h9-13,15,17H,8,14H2,1-7H3,(H,27,29)/b26-15-. The number of hydrazone groups is 1. The summed E-state index contributed by atoms with van der Waals surface area (Å²) in [5.41, 5.74) is 7.46. The Labute approximate surface area is 185 Å². The zero-order valence-corrected chi connectivity index (χ0v) is 19.6. The summed E-state index contributed by atoms with van der Waals surface area (Å²) in [5.74, 6) is 1.35. The fraction of sp³-hybridized carbons (Fsp3) is 0.440. The Balaban J connectivity index is 1.88. The lowest BCUT2D eigenvalue weighted by atomic mass is 9.79. The second-order valence-corrected chi connectivity index (χ2v) is 8.72. The molecule has 1 aliphatic rings. The summed E-state index contributed by atoms with van der Waals surface area (Å²) in [5, 5.41) is 4.19. The van der Waals surface area contributed by atoms with Crippen molar-refractivity contribution in [2.45, 2.75) is 52.5 Å². The summed E-state index contributed by atoms with van der Waals surface area (Å²) in [6.07, 6.45) is 2.71. The van der Waals surface area contributed by atoms with Crippen LogP contribution in [-0.4, -0.2) is 38.4 Å². The van der Waals surface area contributed by atoms with E-state index in [1.54, 1.807) is 26.5 Å². The number of nitrogens with one attached hydrogen (secondary N) is 1. The number of nitrogens with zero attached hydrogens (tertiary/aromatic N) is 2. The van der Waals surface area contributed by atoms with Gasteiger partial charge in [-0.2, -0.15) is 5.10 Å². The van der Waals surface area contributed by atoms with Crippen LogP contribution in [0, 0.1) is 6.92 Å². The number of hydrogen-bond donors (Lipinski definition) is 1. The van der Waals surface area contributed by atoms with Crippen LogP contribution >= 0.6 is 0 Å². The van der Waals surface area contributed by atoms with Crippen molar-refractivity contribution in [3.05, 3.63) is 52.6 Å². The van der Waals surface area contributed by atoms with Crippen LogP contribution in [0.25, 0.3) is 0 Å². The van der Waals surface area contributed by atoms with Gasteiger partial charge in [-0.25, -0.2) is 5.43 Å². The van der Waals surface area contributed by atoms with Gasteiger partial charge in [-0.05, 0) is 69.4 Å². The van der Waals surface area contributed by atoms with Gasteiger partial charge in [0.1, 0.15) is 11.5 Å². The Morgan fingerprint density at radius 2 is 1.94 bits per heavy atom. The zero-order chi connectivity index (χ0) is 22.8. The first-order chi connectivity index (χ1) is 14.7. The zero-order valence-electron chi connectivity index (χ0n) is 19.6. The van der Waals surface area contributed by atoms with Crippen LogP contribution in [0.15, 0.2) is 35.4 Å². The number of benzene rings is 2. The van der Waals surface area contributed by atoms with Crippen LogP contribution in [0.4, 0.5) is 5.69 Å². The molecule has 0 spiro atoms. The average Bonchev–Trinajstić information content (AvgIpc) is 2.72. The number of rotatable bonds is 6. The summed E-state index contributed by atoms with van der Waals surface area (Å²) in [6.45, 7) is 11.9. The number of carbonyl (C=O) groups is 1. The summed E-state index contributed by atoms with van der Waals surface area (Å²) >= 11 is 0. The summed E-state index contributed by atoms with van der Waals surface area (Å²) < 4.78 is 11.0. The molecule has 1 N–H and O–H groups in total. The highest BCUT2D eigenvalue weighted by atomic mass is 16.5. The van der Waals surface area contributed by atoms with E-state index in [0.29, 0.717) is 17.2 Å². The van der Waals surface area contributed by atoms with Crippen LogP contribution in [0.1, 0.15) is 67.1 Å². The molecular weight excluding hydrogens is 390 g/mol. The third kappa shape index (κ3) is 4.53. The van der Waals surface area contributed by atoms with Crippen LogP contribution < -0.4 is 19.8 Å². The number of ether oxygens (including phenoxy) is 2. The molecule has 1 atom stereocenters. The maximum Gasteiger partial charge on any atom is 0.275 e. The third-order valence-corrected chi connectivity index (χ3v) is 6.02. The highest BCUT2D eigenvalue weighted by Crippen LogP contribution is 2.45. The van der Waals surface area contributed by atoms with Gasteiger partial charge in [0.2, 0.25) is 0 Å². The van der Waals surface area contributed by atoms with Crippen LogP contribution in [0.2, 0.25) is 0 Å². The number of amides is 1. The molecule has 2 aromatic rings. The van der Waals surface area contributed by atoms with Crippen molar-refractivity contribution in [1.82, 2.24) is 5.43 Å². The molecule has 1 unspecified atom stereocenters. The summed E-state index contributed by atoms with van der Waals surface area (Å²) in [4.78, 5) is 15.0. The number of carbonyl (C=O) groups excluding carboxylic acids is 1. The Morgan fingerprint density at radius 3 is 2.58 bits per heavy atom. The number of aryl methyl sites for hydroxylation is 1. The molecule has 0 fully saturated rings. The molecule has 0 bridgehead atoms. The van der Waals surface area contributed by atoms with Crippen molar-refractivity contribution in [3.8, 4) is 11.5 Å². The molecule has 6 heteroatoms. The van der Waals surface area contributed by atoms with E-state index in [2.05, 4.69) is 55.3 Å². The fourth-order valence-electron chi connectivity index (χ4n) is 4.61. The maximum absolute atomic E-state index is 12.6. The highest BCUT2D eigenvalue weighted by Gasteiger charge is 2.36. The molecule has 0 saturated carbocycles. The van der Waals surface area contributed by atoms with Gasteiger partial charge in [-0.3, -0.25) is 4.79 Å². The van der Waals surface area contributed by atoms with Crippen LogP contribution in [-0.2, 0) is 0 Å². The highest BCUT2D eigenvalue weighted by molar-refractivity contribution is 5.97. The van der Waals surface area contributed by atoms with Crippen molar-refractivity contribution < 1.29 is 14.3 Å². The van der Waals surface area contributed by atoms with Gasteiger partial charge in [0, 0.05) is 29.4 Å². The molecule has 0 saturated heterocycles. The average molecular weight is 424 g/mol. The minimum Gasteiger partial charge on any atom is -0.496 e. The second-order valence-electron chi connectivity index (χ2n) is 8.72. The van der Waals surface area contributed by atoms with E-state index in [4.69, 9.17) is 9.47 Å². The van der Waals surface area contributed by atoms with Crippen molar-refractivity contribution in [2.75, 3.05) is 25.7 Å². The maximum atomic E-state index is 12.6. The molecule has 166 valence electrons. The minimum atomic E-state index is -0.322. The Bertz CT molecular complexity index is 998. The molecule has 1 amide bonds. The number of hydrogen-bond acceptors (Lipinski definition) is 5. The Hall–Kier alpha value is -3.02. The molecule has 1 heterocycles. The van der Waals surface area contributed by atoms with Gasteiger partial charge in [0.25, 0.3) is 5.91 Å². The molecule has 2 aromatic carbocycles. The molecule has 31 heavy (non-hydrogen) atoms. The van der Waals surface area contributed by atoms with E-state index in [0.717, 1.165) is 29.8 Å². The van der Waals surface area contributed by atoms with Gasteiger partial charge >= 0.3 is 0 Å². The van der Waals surface area contributed by atoms with Crippen molar-refractivity contribution in [1.29, 1.82) is 0 Å². The van der Waals surface area contributed by atoms with Crippen LogP contribution in [0.3, 0.4) is 0 Å². The normalized spacial score (nSPS) is 17.4. The van der Waals surface area contributed by atoms with Crippen LogP contribution in [0.5, 0.6) is 11.5 Å². The van der Waals surface area contributed by atoms with Crippen molar-refractivity contribution in [2.24, 2.45) is 5.10 Å². The quantitative estimate of drug-likeness (QED) is 0.531. The Kier molecular flexibility index (Phi) is 6.58. The second kappa shape index (κ2) is 9.00. The van der Waals surface area contributed by atoms with Gasteiger partial charge < -0.3 is 14.4 Å². The molecule has 0 aromatic heterocycles. The summed E-state index contributed by atoms with van der Waals surface area (Å²) in [6, 6.07) is 9.64. The number of fused-ring (bicyclic) bond motifs is 1. The van der Waals surface area contributed by atoms with Gasteiger partial charge in [0.05, 0.1) is 26.0 Å². The molecule has 6 nitrogen and oxygen atoms in total. The monoisotopic (exact) mass is 423 g/mol. The Morgan fingerprint density at radius 1 is 1.23 bits per heavy atom. The fourth-order valence-corrected chi connectivity index (χ4v) is 4.61. The van der Waals surface area contributed by atoms with E-state index in [-0.39, 0.29) is 11.4 Å². The van der Waals surface area contributed by atoms with Gasteiger partial charge in [-0.1, -0.05) is 13.0 Å². The largest absolute Gasteiger partial charge is 0.496 e. The number of anilines is 1. The van der Waals surface area contributed by atoms with E-state index in [1.165, 1.54) is 11.3 Å². The lowest BCUT2D eigenvalue weighted by Crippen LogP contribution is -2.48. The predicted octanol–water partition coefficient (Wildman–Crippen LogP) is 4.89. The molecule has 1 aliphatic heterocycles. The SMILES string of the molecule is CCN1c2cc(OC)c(/C=N\NC(=O)c3ccc(C)cc3OC)cc2C(C)CC1(C)C. The topological polar surface area (TPSA) is 63.2 Å². The lowest BCUT2D eigenvalue weighted by Gasteiger charge is -2.47. The predicted molar refractivity (Wildman–Crippen MR) is 126 cm³/mol. The first-order valence-corrected chi connectivity index (χ1v) is 10.7. The smallest absolute Gasteiger partial charge is 0.275 e. The minimum absolute atomic E-state index is 0.0862. The van der Waals surface area contributed by atoms with E-state index >= 15 is 0 Å².